The minimum absolute atomic E-state index is 0.202. The van der Waals surface area contributed by atoms with Gasteiger partial charge < -0.3 is 0 Å². The number of halogens is 4. The van der Waals surface area contributed by atoms with Gasteiger partial charge >= 0.3 is 0 Å². The van der Waals surface area contributed by atoms with Crippen LogP contribution >= 0.6 is 0 Å². The Labute approximate surface area is 196 Å². The molecule has 0 spiro atoms. The Balaban J connectivity index is 1.75. The Bertz CT molecular complexity index is 1360. The van der Waals surface area contributed by atoms with Crippen molar-refractivity contribution < 1.29 is 17.6 Å². The summed E-state index contributed by atoms with van der Waals surface area (Å²) in [5, 5.41) is 0. The van der Waals surface area contributed by atoms with Gasteiger partial charge in [0.2, 0.25) is 0 Å². The van der Waals surface area contributed by atoms with Gasteiger partial charge in [-0.15, -0.1) is 0 Å². The van der Waals surface area contributed by atoms with E-state index in [9.17, 15) is 17.6 Å². The number of benzene rings is 2. The molecule has 0 aliphatic carbocycles. The zero-order valence-electron chi connectivity index (χ0n) is 19.3. The first-order valence-electron chi connectivity index (χ1n) is 10.9. The summed E-state index contributed by atoms with van der Waals surface area (Å²) in [5.74, 6) is -2.61. The summed E-state index contributed by atoms with van der Waals surface area (Å²) in [6, 6.07) is 17.7. The molecule has 4 rings (SSSR count). The van der Waals surface area contributed by atoms with Crippen LogP contribution in [0.5, 0.6) is 0 Å². The van der Waals surface area contributed by atoms with E-state index in [1.807, 2.05) is 45.9 Å². The van der Waals surface area contributed by atoms with E-state index in [2.05, 4.69) is 4.98 Å². The van der Waals surface area contributed by atoms with Crippen LogP contribution in [0.15, 0.2) is 72.8 Å². The highest BCUT2D eigenvalue weighted by atomic mass is 19.1. The third kappa shape index (κ3) is 4.32. The summed E-state index contributed by atoms with van der Waals surface area (Å²) in [4.78, 5) is 9.49. The molecule has 2 heterocycles. The molecule has 0 fully saturated rings. The predicted octanol–water partition coefficient (Wildman–Crippen LogP) is 7.35. The number of pyridine rings is 2. The molecule has 0 unspecified atom stereocenters. The van der Waals surface area contributed by atoms with E-state index in [0.29, 0.717) is 28.3 Å². The van der Waals surface area contributed by atoms with Gasteiger partial charge in [-0.05, 0) is 61.9 Å². The fourth-order valence-electron chi connectivity index (χ4n) is 4.03. The van der Waals surface area contributed by atoms with Gasteiger partial charge in [0, 0.05) is 28.5 Å². The van der Waals surface area contributed by atoms with Crippen LogP contribution in [0.4, 0.5) is 17.6 Å². The number of nitrogens with zero attached hydrogens (tertiary/aromatic N) is 2. The molecular weight excluding hydrogens is 440 g/mol. The maximum Gasteiger partial charge on any atom is 0.135 e. The van der Waals surface area contributed by atoms with Gasteiger partial charge in [0.1, 0.15) is 23.3 Å². The molecule has 0 bridgehead atoms. The summed E-state index contributed by atoms with van der Waals surface area (Å²) < 4.78 is 55.7. The van der Waals surface area contributed by atoms with Gasteiger partial charge in [0.05, 0.1) is 22.8 Å². The van der Waals surface area contributed by atoms with Gasteiger partial charge in [0.15, 0.2) is 0 Å². The molecule has 0 atom stereocenters. The van der Waals surface area contributed by atoms with Crippen molar-refractivity contribution in [2.45, 2.75) is 38.5 Å². The van der Waals surface area contributed by atoms with Crippen molar-refractivity contribution in [3.8, 4) is 11.3 Å². The summed E-state index contributed by atoms with van der Waals surface area (Å²) >= 11 is 0. The Morgan fingerprint density at radius 2 is 1.09 bits per heavy atom. The van der Waals surface area contributed by atoms with Crippen LogP contribution in [0.1, 0.15) is 50.3 Å². The highest BCUT2D eigenvalue weighted by Crippen LogP contribution is 2.36. The molecule has 0 aliphatic heterocycles. The topological polar surface area (TPSA) is 25.8 Å². The third-order valence-corrected chi connectivity index (χ3v) is 6.23. The minimum Gasteiger partial charge on any atom is -0.256 e. The SMILES string of the molecule is CC(C)(c1cccc(-c2ccc(F)cc2F)n1)c1cccc(C(C)(C)c2ccc(F)cc2F)n1. The van der Waals surface area contributed by atoms with Crippen LogP contribution in [0.3, 0.4) is 0 Å². The molecule has 0 amide bonds. The van der Waals surface area contributed by atoms with E-state index in [4.69, 9.17) is 4.98 Å². The lowest BCUT2D eigenvalue weighted by atomic mass is 9.79. The second kappa shape index (κ2) is 8.67. The van der Waals surface area contributed by atoms with Crippen molar-refractivity contribution in [2.24, 2.45) is 0 Å². The van der Waals surface area contributed by atoms with E-state index in [1.54, 1.807) is 18.2 Å². The van der Waals surface area contributed by atoms with Crippen LogP contribution in [-0.2, 0) is 10.8 Å². The number of hydrogen-bond acceptors (Lipinski definition) is 2. The molecule has 0 saturated heterocycles. The number of aromatic nitrogens is 2. The van der Waals surface area contributed by atoms with Gasteiger partial charge in [-0.2, -0.15) is 0 Å². The van der Waals surface area contributed by atoms with Crippen molar-refractivity contribution >= 4 is 0 Å². The molecular formula is C28H24F4N2. The lowest BCUT2D eigenvalue weighted by molar-refractivity contribution is 0.517. The van der Waals surface area contributed by atoms with Gasteiger partial charge in [-0.3, -0.25) is 9.97 Å². The second-order valence-corrected chi connectivity index (χ2v) is 9.31. The lowest BCUT2D eigenvalue weighted by Gasteiger charge is -2.29. The first-order valence-corrected chi connectivity index (χ1v) is 10.9. The Hall–Kier alpha value is -3.54. The van der Waals surface area contributed by atoms with Gasteiger partial charge in [0.25, 0.3) is 0 Å². The van der Waals surface area contributed by atoms with E-state index in [1.165, 1.54) is 24.3 Å². The molecule has 0 aliphatic rings. The predicted molar refractivity (Wildman–Crippen MR) is 124 cm³/mol. The van der Waals surface area contributed by atoms with Crippen molar-refractivity contribution in [1.82, 2.24) is 9.97 Å². The molecule has 174 valence electrons. The molecule has 6 heteroatoms. The van der Waals surface area contributed by atoms with Gasteiger partial charge in [-0.1, -0.05) is 32.0 Å². The molecule has 2 aromatic heterocycles. The molecule has 2 aromatic carbocycles. The fraction of sp³-hybridized carbons (Fsp3) is 0.214. The maximum absolute atomic E-state index is 14.6. The third-order valence-electron chi connectivity index (χ3n) is 6.23. The highest BCUT2D eigenvalue weighted by Gasteiger charge is 2.32. The Morgan fingerprint density at radius 3 is 1.71 bits per heavy atom. The summed E-state index contributed by atoms with van der Waals surface area (Å²) in [5.41, 5.74) is 1.36. The Morgan fingerprint density at radius 1 is 0.559 bits per heavy atom. The quantitative estimate of drug-likeness (QED) is 0.289. The van der Waals surface area contributed by atoms with Crippen molar-refractivity contribution in [3.63, 3.8) is 0 Å². The summed E-state index contributed by atoms with van der Waals surface area (Å²) in [7, 11) is 0. The van der Waals surface area contributed by atoms with Crippen molar-refractivity contribution in [1.29, 1.82) is 0 Å². The normalized spacial score (nSPS) is 12.1. The highest BCUT2D eigenvalue weighted by molar-refractivity contribution is 5.60. The first-order chi connectivity index (χ1) is 16.0. The first kappa shape index (κ1) is 23.6. The Kier molecular flexibility index (Phi) is 6.02. The largest absolute Gasteiger partial charge is 0.256 e. The maximum atomic E-state index is 14.6. The lowest BCUT2D eigenvalue weighted by Crippen LogP contribution is -2.27. The standard InChI is InChI=1S/C28H24F4N2/c1-27(2,20-14-12-18(30)16-22(20)32)24-9-6-10-26(34-24)28(3,4)25-8-5-7-23(33-25)19-13-11-17(29)15-21(19)31/h5-16H,1-4H3. The fourth-order valence-corrected chi connectivity index (χ4v) is 4.03. The monoisotopic (exact) mass is 464 g/mol. The average molecular weight is 465 g/mol. The van der Waals surface area contributed by atoms with E-state index >= 15 is 0 Å². The molecule has 0 N–H and O–H groups in total. The van der Waals surface area contributed by atoms with Crippen LogP contribution < -0.4 is 0 Å². The molecule has 0 radical (unpaired) electrons. The second-order valence-electron chi connectivity index (χ2n) is 9.31. The zero-order chi connectivity index (χ0) is 24.7. The average Bonchev–Trinajstić information content (AvgIpc) is 2.79. The number of hydrogen-bond donors (Lipinski definition) is 0. The summed E-state index contributed by atoms with van der Waals surface area (Å²) in [6.07, 6.45) is 0. The van der Waals surface area contributed by atoms with E-state index in [-0.39, 0.29) is 5.56 Å². The molecule has 34 heavy (non-hydrogen) atoms. The molecule has 4 aromatic rings. The smallest absolute Gasteiger partial charge is 0.135 e. The molecule has 2 nitrogen and oxygen atoms in total. The van der Waals surface area contributed by atoms with Crippen LogP contribution in [0.2, 0.25) is 0 Å². The van der Waals surface area contributed by atoms with Crippen LogP contribution in [-0.4, -0.2) is 9.97 Å². The van der Waals surface area contributed by atoms with E-state index < -0.39 is 34.1 Å². The van der Waals surface area contributed by atoms with Crippen LogP contribution in [0.25, 0.3) is 11.3 Å². The van der Waals surface area contributed by atoms with E-state index in [0.717, 1.165) is 12.1 Å². The van der Waals surface area contributed by atoms with Crippen molar-refractivity contribution in [2.75, 3.05) is 0 Å². The minimum atomic E-state index is -0.823. The number of rotatable bonds is 5. The van der Waals surface area contributed by atoms with Crippen LogP contribution in [0, 0.1) is 23.3 Å². The molecule has 0 saturated carbocycles. The zero-order valence-corrected chi connectivity index (χ0v) is 19.3. The van der Waals surface area contributed by atoms with Gasteiger partial charge in [-0.25, -0.2) is 17.6 Å². The summed E-state index contributed by atoms with van der Waals surface area (Å²) in [6.45, 7) is 7.55. The van der Waals surface area contributed by atoms with Crippen molar-refractivity contribution in [3.05, 3.63) is 119 Å².